The highest BCUT2D eigenvalue weighted by Crippen LogP contribution is 2.36. The lowest BCUT2D eigenvalue weighted by Gasteiger charge is -2.28. The molecule has 0 unspecified atom stereocenters. The van der Waals surface area contributed by atoms with Crippen LogP contribution in [0.3, 0.4) is 0 Å². The van der Waals surface area contributed by atoms with Crippen LogP contribution < -0.4 is 15.4 Å². The number of anilines is 1. The van der Waals surface area contributed by atoms with E-state index in [-0.39, 0.29) is 0 Å². The highest BCUT2D eigenvalue weighted by atomic mass is 16.5. The first-order chi connectivity index (χ1) is 15.7. The highest BCUT2D eigenvalue weighted by molar-refractivity contribution is 5.90. The number of hydrogen-bond donors (Lipinski definition) is 2. The average molecular weight is 426 g/mol. The summed E-state index contributed by atoms with van der Waals surface area (Å²) in [5.41, 5.74) is 2.67. The molecule has 1 saturated heterocycles. The van der Waals surface area contributed by atoms with Crippen molar-refractivity contribution < 1.29 is 4.74 Å². The summed E-state index contributed by atoms with van der Waals surface area (Å²) in [5.74, 6) is 2.61. The first-order valence-electron chi connectivity index (χ1n) is 11.1. The standard InChI is InChI=1S/C26H27N5O/c1-17-14-20(16-27-15-17)30-26-29-13-11-23(31-26)22-8-5-12-28-25(22)32-24-18(2)9-10-19-6-3-4-7-21(19)24/h3-13,17,20,27H,14-16H2,1-2H3,(H,29,30,31)/t17-,20+/m1/s1. The number of ether oxygens (including phenoxy) is 1. The molecule has 0 spiro atoms. The number of nitrogens with one attached hydrogen (secondary N) is 2. The Morgan fingerprint density at radius 2 is 1.88 bits per heavy atom. The molecule has 1 aliphatic rings. The highest BCUT2D eigenvalue weighted by Gasteiger charge is 2.20. The van der Waals surface area contributed by atoms with Crippen LogP contribution >= 0.6 is 0 Å². The molecule has 0 aliphatic carbocycles. The van der Waals surface area contributed by atoms with Gasteiger partial charge < -0.3 is 15.4 Å². The van der Waals surface area contributed by atoms with Crippen LogP contribution in [0, 0.1) is 12.8 Å². The van der Waals surface area contributed by atoms with Crippen LogP contribution in [-0.2, 0) is 0 Å². The van der Waals surface area contributed by atoms with Gasteiger partial charge in [-0.1, -0.05) is 43.3 Å². The second kappa shape index (κ2) is 8.93. The summed E-state index contributed by atoms with van der Waals surface area (Å²) in [5, 5.41) is 9.13. The molecular weight excluding hydrogens is 398 g/mol. The maximum atomic E-state index is 6.41. The minimum Gasteiger partial charge on any atom is -0.437 e. The normalized spacial score (nSPS) is 18.4. The van der Waals surface area contributed by atoms with Crippen LogP contribution in [0.5, 0.6) is 11.6 Å². The minimum absolute atomic E-state index is 0.317. The van der Waals surface area contributed by atoms with Gasteiger partial charge >= 0.3 is 0 Å². The number of aromatic nitrogens is 3. The van der Waals surface area contributed by atoms with Gasteiger partial charge in [0.05, 0.1) is 11.3 Å². The van der Waals surface area contributed by atoms with Gasteiger partial charge in [0, 0.05) is 30.4 Å². The van der Waals surface area contributed by atoms with Crippen molar-refractivity contribution in [3.05, 3.63) is 72.6 Å². The summed E-state index contributed by atoms with van der Waals surface area (Å²) in [6.07, 6.45) is 4.63. The Balaban J connectivity index is 1.47. The maximum absolute atomic E-state index is 6.41. The zero-order chi connectivity index (χ0) is 21.9. The fourth-order valence-corrected chi connectivity index (χ4v) is 4.28. The summed E-state index contributed by atoms with van der Waals surface area (Å²) in [4.78, 5) is 13.8. The van der Waals surface area contributed by atoms with Gasteiger partial charge in [0.15, 0.2) is 0 Å². The summed E-state index contributed by atoms with van der Waals surface area (Å²) < 4.78 is 6.41. The van der Waals surface area contributed by atoms with E-state index < -0.39 is 0 Å². The molecule has 4 aromatic rings. The molecule has 2 atom stereocenters. The fraction of sp³-hybridized carbons (Fsp3) is 0.269. The van der Waals surface area contributed by atoms with Crippen LogP contribution in [0.15, 0.2) is 67.0 Å². The van der Waals surface area contributed by atoms with Crippen molar-refractivity contribution in [1.82, 2.24) is 20.3 Å². The molecule has 32 heavy (non-hydrogen) atoms. The van der Waals surface area contributed by atoms with Crippen LogP contribution in [0.2, 0.25) is 0 Å². The van der Waals surface area contributed by atoms with Crippen LogP contribution in [0.25, 0.3) is 22.0 Å². The van der Waals surface area contributed by atoms with Crippen molar-refractivity contribution >= 4 is 16.7 Å². The number of nitrogens with zero attached hydrogens (tertiary/aromatic N) is 3. The van der Waals surface area contributed by atoms with E-state index in [1.165, 1.54) is 0 Å². The number of hydrogen-bond acceptors (Lipinski definition) is 6. The van der Waals surface area contributed by atoms with Gasteiger partial charge in [-0.25, -0.2) is 15.0 Å². The molecule has 2 N–H and O–H groups in total. The SMILES string of the molecule is Cc1ccc2ccccc2c1Oc1ncccc1-c1ccnc(N[C@@H]2CNC[C@H](C)C2)n1. The summed E-state index contributed by atoms with van der Waals surface area (Å²) in [6, 6.07) is 18.5. The molecule has 162 valence electrons. The molecule has 2 aromatic heterocycles. The van der Waals surface area contributed by atoms with E-state index in [9.17, 15) is 0 Å². The predicted octanol–water partition coefficient (Wildman–Crippen LogP) is 5.20. The van der Waals surface area contributed by atoms with Crippen molar-refractivity contribution in [1.29, 1.82) is 0 Å². The minimum atomic E-state index is 0.317. The van der Waals surface area contributed by atoms with E-state index in [1.807, 2.05) is 30.3 Å². The number of rotatable bonds is 5. The number of pyridine rings is 1. The first kappa shape index (κ1) is 20.4. The molecule has 6 heteroatoms. The van der Waals surface area contributed by atoms with Gasteiger partial charge in [-0.15, -0.1) is 0 Å². The molecule has 0 saturated carbocycles. The van der Waals surface area contributed by atoms with Crippen LogP contribution in [-0.4, -0.2) is 34.1 Å². The van der Waals surface area contributed by atoms with E-state index in [4.69, 9.17) is 9.72 Å². The second-order valence-corrected chi connectivity index (χ2v) is 8.50. The van der Waals surface area contributed by atoms with Crippen molar-refractivity contribution in [2.45, 2.75) is 26.3 Å². The Morgan fingerprint density at radius 3 is 2.78 bits per heavy atom. The lowest BCUT2D eigenvalue weighted by Crippen LogP contribution is -2.42. The predicted molar refractivity (Wildman–Crippen MR) is 128 cm³/mol. The van der Waals surface area contributed by atoms with E-state index in [0.717, 1.165) is 52.9 Å². The zero-order valence-corrected chi connectivity index (χ0v) is 18.4. The third-order valence-corrected chi connectivity index (χ3v) is 5.88. The van der Waals surface area contributed by atoms with Crippen molar-refractivity contribution in [3.8, 4) is 22.9 Å². The molecule has 0 amide bonds. The Kier molecular flexibility index (Phi) is 5.69. The van der Waals surface area contributed by atoms with Gasteiger partial charge in [-0.05, 0) is 55.0 Å². The Hall–Kier alpha value is -3.51. The summed E-state index contributed by atoms with van der Waals surface area (Å²) in [6.45, 7) is 6.28. The Bertz CT molecular complexity index is 1240. The Labute approximate surface area is 188 Å². The lowest BCUT2D eigenvalue weighted by atomic mass is 9.98. The van der Waals surface area contributed by atoms with E-state index >= 15 is 0 Å². The van der Waals surface area contributed by atoms with Gasteiger partial charge in [0.1, 0.15) is 5.75 Å². The molecule has 1 fully saturated rings. The molecule has 0 radical (unpaired) electrons. The third-order valence-electron chi connectivity index (χ3n) is 5.88. The van der Waals surface area contributed by atoms with Crippen LogP contribution in [0.4, 0.5) is 5.95 Å². The monoisotopic (exact) mass is 425 g/mol. The first-order valence-corrected chi connectivity index (χ1v) is 11.1. The third kappa shape index (κ3) is 4.27. The van der Waals surface area contributed by atoms with E-state index in [1.54, 1.807) is 12.4 Å². The van der Waals surface area contributed by atoms with Gasteiger partial charge in [0.25, 0.3) is 0 Å². The zero-order valence-electron chi connectivity index (χ0n) is 18.4. The molecular formula is C26H27N5O. The molecule has 0 bridgehead atoms. The number of aryl methyl sites for hydroxylation is 1. The summed E-state index contributed by atoms with van der Waals surface area (Å²) in [7, 11) is 0. The number of fused-ring (bicyclic) bond motifs is 1. The maximum Gasteiger partial charge on any atom is 0.228 e. The van der Waals surface area contributed by atoms with Crippen molar-refractivity contribution in [3.63, 3.8) is 0 Å². The van der Waals surface area contributed by atoms with Gasteiger partial charge in [0.2, 0.25) is 11.8 Å². The molecule has 1 aliphatic heterocycles. The quantitative estimate of drug-likeness (QED) is 0.458. The average Bonchev–Trinajstić information content (AvgIpc) is 2.81. The smallest absolute Gasteiger partial charge is 0.228 e. The second-order valence-electron chi connectivity index (χ2n) is 8.50. The van der Waals surface area contributed by atoms with E-state index in [0.29, 0.717) is 23.8 Å². The van der Waals surface area contributed by atoms with E-state index in [2.05, 4.69) is 58.7 Å². The molecule has 5 rings (SSSR count). The summed E-state index contributed by atoms with van der Waals surface area (Å²) >= 11 is 0. The molecule has 6 nitrogen and oxygen atoms in total. The molecule has 3 heterocycles. The van der Waals surface area contributed by atoms with Crippen LogP contribution in [0.1, 0.15) is 18.9 Å². The van der Waals surface area contributed by atoms with Crippen molar-refractivity contribution in [2.75, 3.05) is 18.4 Å². The lowest BCUT2D eigenvalue weighted by molar-refractivity contribution is 0.377. The largest absolute Gasteiger partial charge is 0.437 e. The van der Waals surface area contributed by atoms with Crippen molar-refractivity contribution in [2.24, 2.45) is 5.92 Å². The molecule has 2 aromatic carbocycles. The fourth-order valence-electron chi connectivity index (χ4n) is 4.28. The van der Waals surface area contributed by atoms with Gasteiger partial charge in [-0.3, -0.25) is 0 Å². The topological polar surface area (TPSA) is 72.0 Å². The Morgan fingerprint density at radius 1 is 0.969 bits per heavy atom. The number of piperidine rings is 1. The van der Waals surface area contributed by atoms with Gasteiger partial charge in [-0.2, -0.15) is 0 Å². The number of benzene rings is 2.